The van der Waals surface area contributed by atoms with Gasteiger partial charge in [0.25, 0.3) is 5.91 Å². The van der Waals surface area contributed by atoms with Crippen molar-refractivity contribution in [2.45, 2.75) is 6.42 Å². The van der Waals surface area contributed by atoms with Gasteiger partial charge >= 0.3 is 0 Å². The first-order valence-electron chi connectivity index (χ1n) is 6.83. The number of rotatable bonds is 6. The van der Waals surface area contributed by atoms with Gasteiger partial charge < -0.3 is 10.4 Å². The zero-order chi connectivity index (χ0) is 15.9. The third kappa shape index (κ3) is 4.33. The zero-order valence-electron chi connectivity index (χ0n) is 11.8. The molecule has 0 aliphatic heterocycles. The summed E-state index contributed by atoms with van der Waals surface area (Å²) in [6.45, 7) is 0.0511. The molecule has 1 heterocycles. The fourth-order valence-electron chi connectivity index (χ4n) is 2.04. The van der Waals surface area contributed by atoms with Crippen LogP contribution >= 0.6 is 0 Å². The molecule has 1 atom stereocenters. The highest BCUT2D eigenvalue weighted by molar-refractivity contribution is 5.93. The third-order valence-electron chi connectivity index (χ3n) is 3.24. The highest BCUT2D eigenvalue weighted by Crippen LogP contribution is 2.13. The Morgan fingerprint density at radius 3 is 2.73 bits per heavy atom. The number of carbonyl (C=O) groups excluding carboxylic acids is 1. The first kappa shape index (κ1) is 16.0. The van der Waals surface area contributed by atoms with Crippen molar-refractivity contribution in [1.29, 1.82) is 0 Å². The van der Waals surface area contributed by atoms with Gasteiger partial charge in [-0.2, -0.15) is 0 Å². The number of aliphatic hydroxyl groups excluding tert-OH is 1. The van der Waals surface area contributed by atoms with Gasteiger partial charge in [0.1, 0.15) is 0 Å². The normalized spacial score (nSPS) is 12.0. The fourth-order valence-corrected chi connectivity index (χ4v) is 2.04. The molecular formula is C16H16F2N2O2. The lowest BCUT2D eigenvalue weighted by Crippen LogP contribution is -2.31. The van der Waals surface area contributed by atoms with E-state index in [0.29, 0.717) is 17.5 Å². The Balaban J connectivity index is 1.92. The highest BCUT2D eigenvalue weighted by atomic mass is 19.2. The van der Waals surface area contributed by atoms with Gasteiger partial charge in [-0.15, -0.1) is 0 Å². The lowest BCUT2D eigenvalue weighted by atomic mass is 9.99. The molecule has 1 amide bonds. The van der Waals surface area contributed by atoms with Crippen LogP contribution in [-0.2, 0) is 6.42 Å². The van der Waals surface area contributed by atoms with Crippen LogP contribution in [0.1, 0.15) is 15.9 Å². The molecule has 0 aliphatic rings. The number of hydrogen-bond acceptors (Lipinski definition) is 3. The van der Waals surface area contributed by atoms with Crippen molar-refractivity contribution >= 4 is 5.91 Å². The topological polar surface area (TPSA) is 62.2 Å². The summed E-state index contributed by atoms with van der Waals surface area (Å²) in [5, 5.41) is 12.1. The molecule has 116 valence electrons. The van der Waals surface area contributed by atoms with Gasteiger partial charge in [0, 0.05) is 31.5 Å². The number of halogens is 2. The number of amides is 1. The number of benzene rings is 1. The predicted molar refractivity (Wildman–Crippen MR) is 77.2 cm³/mol. The van der Waals surface area contributed by atoms with E-state index in [1.165, 1.54) is 12.3 Å². The van der Waals surface area contributed by atoms with Crippen LogP contribution in [0.5, 0.6) is 0 Å². The molecule has 0 saturated heterocycles. The van der Waals surface area contributed by atoms with Crippen LogP contribution in [-0.4, -0.2) is 29.1 Å². The Morgan fingerprint density at radius 1 is 1.27 bits per heavy atom. The van der Waals surface area contributed by atoms with E-state index in [1.807, 2.05) is 0 Å². The number of aliphatic hydroxyl groups is 1. The highest BCUT2D eigenvalue weighted by Gasteiger charge is 2.13. The number of pyridine rings is 1. The minimum absolute atomic E-state index is 0.174. The number of hydrogen-bond donors (Lipinski definition) is 2. The Hall–Kier alpha value is -2.34. The maximum atomic E-state index is 13.2. The Kier molecular flexibility index (Phi) is 5.55. The van der Waals surface area contributed by atoms with Crippen LogP contribution in [0.4, 0.5) is 8.78 Å². The summed E-state index contributed by atoms with van der Waals surface area (Å²) in [5.74, 6) is -2.41. The van der Waals surface area contributed by atoms with E-state index >= 15 is 0 Å². The SMILES string of the molecule is O=C(NC[C@@H](CO)Cc1ccc(F)c(F)c1)c1cccnc1. The van der Waals surface area contributed by atoms with Gasteiger partial charge in [-0.3, -0.25) is 9.78 Å². The molecule has 0 unspecified atom stereocenters. The lowest BCUT2D eigenvalue weighted by molar-refractivity contribution is 0.0939. The van der Waals surface area contributed by atoms with Gasteiger partial charge in [-0.1, -0.05) is 6.07 Å². The first-order valence-corrected chi connectivity index (χ1v) is 6.83. The van der Waals surface area contributed by atoms with Crippen molar-refractivity contribution < 1.29 is 18.7 Å². The molecule has 0 saturated carbocycles. The molecule has 0 radical (unpaired) electrons. The van der Waals surface area contributed by atoms with E-state index < -0.39 is 11.6 Å². The van der Waals surface area contributed by atoms with Gasteiger partial charge in [0.15, 0.2) is 11.6 Å². The van der Waals surface area contributed by atoms with E-state index in [1.54, 1.807) is 18.3 Å². The standard InChI is InChI=1S/C16H16F2N2O2/c17-14-4-3-11(7-15(14)18)6-12(10-21)8-20-16(22)13-2-1-5-19-9-13/h1-5,7,9,12,21H,6,8,10H2,(H,20,22)/t12-/m0/s1. The zero-order valence-corrected chi connectivity index (χ0v) is 11.8. The van der Waals surface area contributed by atoms with Crippen molar-refractivity contribution in [3.63, 3.8) is 0 Å². The van der Waals surface area contributed by atoms with Crippen LogP contribution in [0.25, 0.3) is 0 Å². The first-order chi connectivity index (χ1) is 10.6. The molecule has 0 aliphatic carbocycles. The average Bonchev–Trinajstić information content (AvgIpc) is 2.55. The molecule has 22 heavy (non-hydrogen) atoms. The Labute approximate surface area is 126 Å². The van der Waals surface area contributed by atoms with Crippen molar-refractivity contribution in [3.8, 4) is 0 Å². The molecule has 6 heteroatoms. The summed E-state index contributed by atoms with van der Waals surface area (Å²) in [6, 6.07) is 6.89. The summed E-state index contributed by atoms with van der Waals surface area (Å²) in [7, 11) is 0. The molecule has 2 rings (SSSR count). The second-order valence-electron chi connectivity index (χ2n) is 4.95. The maximum absolute atomic E-state index is 13.2. The molecular weight excluding hydrogens is 290 g/mol. The quantitative estimate of drug-likeness (QED) is 0.857. The van der Waals surface area contributed by atoms with E-state index in [4.69, 9.17) is 0 Å². The second-order valence-corrected chi connectivity index (χ2v) is 4.95. The molecule has 0 spiro atoms. The van der Waals surface area contributed by atoms with E-state index in [-0.39, 0.29) is 25.0 Å². The molecule has 4 nitrogen and oxygen atoms in total. The van der Waals surface area contributed by atoms with Crippen molar-refractivity contribution in [2.75, 3.05) is 13.2 Å². The number of aromatic nitrogens is 1. The summed E-state index contributed by atoms with van der Waals surface area (Å²) in [6.07, 6.45) is 3.34. The smallest absolute Gasteiger partial charge is 0.252 e. The minimum atomic E-state index is -0.923. The molecule has 0 bridgehead atoms. The number of nitrogens with zero attached hydrogens (tertiary/aromatic N) is 1. The van der Waals surface area contributed by atoms with Gasteiger partial charge in [0.2, 0.25) is 0 Å². The molecule has 1 aromatic heterocycles. The summed E-state index contributed by atoms with van der Waals surface area (Å²) in [4.78, 5) is 15.7. The maximum Gasteiger partial charge on any atom is 0.252 e. The summed E-state index contributed by atoms with van der Waals surface area (Å²) < 4.78 is 26.0. The van der Waals surface area contributed by atoms with Crippen molar-refractivity contribution in [2.24, 2.45) is 5.92 Å². The molecule has 2 aromatic rings. The van der Waals surface area contributed by atoms with Crippen LogP contribution in [0.2, 0.25) is 0 Å². The molecule has 0 fully saturated rings. The number of carbonyl (C=O) groups is 1. The van der Waals surface area contributed by atoms with E-state index in [9.17, 15) is 18.7 Å². The largest absolute Gasteiger partial charge is 0.396 e. The molecule has 1 aromatic carbocycles. The lowest BCUT2D eigenvalue weighted by Gasteiger charge is -2.15. The predicted octanol–water partition coefficient (Wildman–Crippen LogP) is 1.94. The molecule has 2 N–H and O–H groups in total. The van der Waals surface area contributed by atoms with Gasteiger partial charge in [-0.05, 0) is 36.2 Å². The third-order valence-corrected chi connectivity index (χ3v) is 3.24. The van der Waals surface area contributed by atoms with Crippen LogP contribution < -0.4 is 5.32 Å². The summed E-state index contributed by atoms with van der Waals surface area (Å²) >= 11 is 0. The second kappa shape index (κ2) is 7.61. The fraction of sp³-hybridized carbons (Fsp3) is 0.250. The number of nitrogens with one attached hydrogen (secondary N) is 1. The van der Waals surface area contributed by atoms with Crippen molar-refractivity contribution in [1.82, 2.24) is 10.3 Å². The van der Waals surface area contributed by atoms with Gasteiger partial charge in [0.05, 0.1) is 5.56 Å². The van der Waals surface area contributed by atoms with Crippen molar-refractivity contribution in [3.05, 3.63) is 65.5 Å². The van der Waals surface area contributed by atoms with E-state index in [2.05, 4.69) is 10.3 Å². The minimum Gasteiger partial charge on any atom is -0.396 e. The summed E-state index contributed by atoms with van der Waals surface area (Å²) in [5.41, 5.74) is 0.987. The average molecular weight is 306 g/mol. The monoisotopic (exact) mass is 306 g/mol. The van der Waals surface area contributed by atoms with Crippen LogP contribution in [0, 0.1) is 17.6 Å². The van der Waals surface area contributed by atoms with Crippen LogP contribution in [0.3, 0.4) is 0 Å². The van der Waals surface area contributed by atoms with Gasteiger partial charge in [-0.25, -0.2) is 8.78 Å². The van der Waals surface area contributed by atoms with E-state index in [0.717, 1.165) is 12.1 Å². The Morgan fingerprint density at radius 2 is 2.09 bits per heavy atom. The van der Waals surface area contributed by atoms with Crippen LogP contribution in [0.15, 0.2) is 42.7 Å². The Bertz CT molecular complexity index is 635.